The van der Waals surface area contributed by atoms with Gasteiger partial charge in [0, 0.05) is 6.54 Å². The molecule has 6 nitrogen and oxygen atoms in total. The first-order chi connectivity index (χ1) is 10.6. The standard InChI is InChI=1S/C15H17FN4O2/c16-13-3-1-2-4-14(13)20-9-11(8-18-20)19-15(22)17-7-10-5-12(21)6-10/h1-4,8-10,12,21H,5-7H2,(H2,17,19,22). The third-order valence-electron chi connectivity index (χ3n) is 3.70. The van der Waals surface area contributed by atoms with Crippen molar-refractivity contribution in [1.82, 2.24) is 15.1 Å². The summed E-state index contributed by atoms with van der Waals surface area (Å²) in [4.78, 5) is 11.8. The fraction of sp³-hybridized carbons (Fsp3) is 0.333. The number of halogens is 1. The van der Waals surface area contributed by atoms with Gasteiger partial charge in [0.1, 0.15) is 11.5 Å². The molecule has 1 aliphatic rings. The normalized spacial score (nSPS) is 20.3. The highest BCUT2D eigenvalue weighted by atomic mass is 19.1. The topological polar surface area (TPSA) is 79.2 Å². The van der Waals surface area contributed by atoms with Gasteiger partial charge in [0.25, 0.3) is 0 Å². The summed E-state index contributed by atoms with van der Waals surface area (Å²) in [6.45, 7) is 0.532. The molecule has 1 fully saturated rings. The van der Waals surface area contributed by atoms with Gasteiger partial charge >= 0.3 is 6.03 Å². The number of anilines is 1. The molecular formula is C15H17FN4O2. The SMILES string of the molecule is O=C(NCC1CC(O)C1)Nc1cnn(-c2ccccc2F)c1. The Kier molecular flexibility index (Phi) is 4.06. The van der Waals surface area contributed by atoms with Crippen molar-refractivity contribution in [3.63, 3.8) is 0 Å². The third-order valence-corrected chi connectivity index (χ3v) is 3.70. The van der Waals surface area contributed by atoms with Gasteiger partial charge in [0.2, 0.25) is 0 Å². The van der Waals surface area contributed by atoms with E-state index in [0.717, 1.165) is 12.8 Å². The van der Waals surface area contributed by atoms with Crippen molar-refractivity contribution in [1.29, 1.82) is 0 Å². The molecule has 1 aromatic carbocycles. The van der Waals surface area contributed by atoms with E-state index in [1.807, 2.05) is 0 Å². The molecule has 0 bridgehead atoms. The number of hydrogen-bond acceptors (Lipinski definition) is 3. The fourth-order valence-corrected chi connectivity index (χ4v) is 2.44. The van der Waals surface area contributed by atoms with Crippen LogP contribution >= 0.6 is 0 Å². The van der Waals surface area contributed by atoms with E-state index in [0.29, 0.717) is 23.8 Å². The van der Waals surface area contributed by atoms with E-state index in [4.69, 9.17) is 0 Å². The molecule has 3 rings (SSSR count). The molecule has 1 aliphatic carbocycles. The predicted molar refractivity (Wildman–Crippen MR) is 79.3 cm³/mol. The number of urea groups is 1. The third kappa shape index (κ3) is 3.25. The molecule has 0 saturated heterocycles. The number of aromatic nitrogens is 2. The zero-order valence-electron chi connectivity index (χ0n) is 11.9. The average Bonchev–Trinajstić information content (AvgIpc) is 2.91. The Hall–Kier alpha value is -2.41. The Balaban J connectivity index is 1.55. The lowest BCUT2D eigenvalue weighted by Gasteiger charge is -2.31. The minimum absolute atomic E-state index is 0.228. The maximum Gasteiger partial charge on any atom is 0.319 e. The number of aliphatic hydroxyl groups excluding tert-OH is 1. The lowest BCUT2D eigenvalue weighted by atomic mass is 9.82. The molecule has 1 saturated carbocycles. The van der Waals surface area contributed by atoms with E-state index < -0.39 is 0 Å². The van der Waals surface area contributed by atoms with Crippen molar-refractivity contribution in [2.24, 2.45) is 5.92 Å². The van der Waals surface area contributed by atoms with Gasteiger partial charge in [-0.3, -0.25) is 0 Å². The van der Waals surface area contributed by atoms with Crippen LogP contribution in [0, 0.1) is 11.7 Å². The number of nitrogens with one attached hydrogen (secondary N) is 2. The maximum atomic E-state index is 13.7. The van der Waals surface area contributed by atoms with Crippen LogP contribution in [0.5, 0.6) is 0 Å². The van der Waals surface area contributed by atoms with Gasteiger partial charge in [-0.2, -0.15) is 5.10 Å². The Morgan fingerprint density at radius 3 is 2.91 bits per heavy atom. The van der Waals surface area contributed by atoms with Gasteiger partial charge in [-0.05, 0) is 30.9 Å². The van der Waals surface area contributed by atoms with Gasteiger partial charge in [-0.1, -0.05) is 12.1 Å². The van der Waals surface area contributed by atoms with Crippen molar-refractivity contribution in [2.45, 2.75) is 18.9 Å². The van der Waals surface area contributed by atoms with Crippen molar-refractivity contribution < 1.29 is 14.3 Å². The lowest BCUT2D eigenvalue weighted by molar-refractivity contribution is 0.0443. The van der Waals surface area contributed by atoms with E-state index in [9.17, 15) is 14.3 Å². The van der Waals surface area contributed by atoms with E-state index in [2.05, 4.69) is 15.7 Å². The Morgan fingerprint density at radius 1 is 1.41 bits per heavy atom. The van der Waals surface area contributed by atoms with E-state index >= 15 is 0 Å². The number of carbonyl (C=O) groups is 1. The van der Waals surface area contributed by atoms with Crippen LogP contribution in [0.2, 0.25) is 0 Å². The van der Waals surface area contributed by atoms with Crippen LogP contribution in [0.3, 0.4) is 0 Å². The highest BCUT2D eigenvalue weighted by Crippen LogP contribution is 2.26. The summed E-state index contributed by atoms with van der Waals surface area (Å²) in [5, 5.41) is 18.6. The van der Waals surface area contributed by atoms with E-state index in [1.54, 1.807) is 24.4 Å². The van der Waals surface area contributed by atoms with E-state index in [-0.39, 0.29) is 18.0 Å². The lowest BCUT2D eigenvalue weighted by Crippen LogP contribution is -2.39. The zero-order chi connectivity index (χ0) is 15.5. The number of aliphatic hydroxyl groups is 1. The second-order valence-corrected chi connectivity index (χ2v) is 5.45. The van der Waals surface area contributed by atoms with Crippen molar-refractivity contribution in [3.8, 4) is 5.69 Å². The monoisotopic (exact) mass is 304 g/mol. The van der Waals surface area contributed by atoms with Crippen molar-refractivity contribution in [3.05, 3.63) is 42.5 Å². The largest absolute Gasteiger partial charge is 0.393 e. The van der Waals surface area contributed by atoms with Crippen LogP contribution in [0.4, 0.5) is 14.9 Å². The maximum absolute atomic E-state index is 13.7. The average molecular weight is 304 g/mol. The molecule has 3 N–H and O–H groups in total. The number of amides is 2. The van der Waals surface area contributed by atoms with Gasteiger partial charge in [0.15, 0.2) is 0 Å². The number of hydrogen-bond donors (Lipinski definition) is 3. The summed E-state index contributed by atoms with van der Waals surface area (Å²) in [5.74, 6) is -0.0490. The number of nitrogens with zero attached hydrogens (tertiary/aromatic N) is 2. The minimum Gasteiger partial charge on any atom is -0.393 e. The summed E-state index contributed by atoms with van der Waals surface area (Å²) in [5.41, 5.74) is 0.800. The highest BCUT2D eigenvalue weighted by Gasteiger charge is 2.27. The van der Waals surface area contributed by atoms with Crippen molar-refractivity contribution >= 4 is 11.7 Å². The Morgan fingerprint density at radius 2 is 2.18 bits per heavy atom. The second-order valence-electron chi connectivity index (χ2n) is 5.45. The minimum atomic E-state index is -0.384. The molecule has 116 valence electrons. The molecule has 0 unspecified atom stereocenters. The molecule has 0 spiro atoms. The van der Waals surface area contributed by atoms with Crippen LogP contribution in [0.1, 0.15) is 12.8 Å². The van der Waals surface area contributed by atoms with Crippen LogP contribution in [0.25, 0.3) is 5.69 Å². The predicted octanol–water partition coefficient (Wildman–Crippen LogP) is 1.90. The molecule has 7 heteroatoms. The van der Waals surface area contributed by atoms with Crippen LogP contribution < -0.4 is 10.6 Å². The number of para-hydroxylation sites is 1. The molecule has 1 heterocycles. The molecule has 2 amide bonds. The van der Waals surface area contributed by atoms with Gasteiger partial charge in [0.05, 0.1) is 24.2 Å². The first kappa shape index (κ1) is 14.5. The number of carbonyl (C=O) groups excluding carboxylic acids is 1. The quantitative estimate of drug-likeness (QED) is 0.807. The first-order valence-corrected chi connectivity index (χ1v) is 7.14. The summed E-state index contributed by atoms with van der Waals surface area (Å²) in [6.07, 6.45) is 4.23. The van der Waals surface area contributed by atoms with Crippen LogP contribution in [0.15, 0.2) is 36.7 Å². The molecule has 1 aromatic heterocycles. The summed E-state index contributed by atoms with van der Waals surface area (Å²) in [7, 11) is 0. The summed E-state index contributed by atoms with van der Waals surface area (Å²) >= 11 is 0. The van der Waals surface area contributed by atoms with Gasteiger partial charge in [-0.15, -0.1) is 0 Å². The van der Waals surface area contributed by atoms with Crippen molar-refractivity contribution in [2.75, 3.05) is 11.9 Å². The molecule has 0 radical (unpaired) electrons. The summed E-state index contributed by atoms with van der Waals surface area (Å²) in [6, 6.07) is 5.94. The second kappa shape index (κ2) is 6.15. The molecule has 0 aliphatic heterocycles. The number of rotatable bonds is 4. The molecule has 0 atom stereocenters. The molecule has 2 aromatic rings. The Labute approximate surface area is 127 Å². The van der Waals surface area contributed by atoms with Gasteiger partial charge in [-0.25, -0.2) is 13.9 Å². The highest BCUT2D eigenvalue weighted by molar-refractivity contribution is 5.88. The first-order valence-electron chi connectivity index (χ1n) is 7.14. The molecule has 22 heavy (non-hydrogen) atoms. The molecular weight excluding hydrogens is 287 g/mol. The smallest absolute Gasteiger partial charge is 0.319 e. The van der Waals surface area contributed by atoms with E-state index in [1.165, 1.54) is 16.9 Å². The number of benzene rings is 1. The van der Waals surface area contributed by atoms with Gasteiger partial charge < -0.3 is 15.7 Å². The van der Waals surface area contributed by atoms with Crippen LogP contribution in [-0.4, -0.2) is 33.6 Å². The Bertz CT molecular complexity index is 667. The fourth-order valence-electron chi connectivity index (χ4n) is 2.44. The zero-order valence-corrected chi connectivity index (χ0v) is 11.9. The van der Waals surface area contributed by atoms with Crippen LogP contribution in [-0.2, 0) is 0 Å². The summed E-state index contributed by atoms with van der Waals surface area (Å²) < 4.78 is 15.0.